The van der Waals surface area contributed by atoms with Gasteiger partial charge in [-0.1, -0.05) is 39.3 Å². The Morgan fingerprint density at radius 2 is 1.89 bits per heavy atom. The number of ether oxygens (including phenoxy) is 1. The molecule has 19 heavy (non-hydrogen) atoms. The summed E-state index contributed by atoms with van der Waals surface area (Å²) in [7, 11) is 1.65. The van der Waals surface area contributed by atoms with E-state index >= 15 is 0 Å². The summed E-state index contributed by atoms with van der Waals surface area (Å²) in [4.78, 5) is 11.9. The second kappa shape index (κ2) is 7.82. The van der Waals surface area contributed by atoms with Gasteiger partial charge in [0, 0.05) is 6.42 Å². The van der Waals surface area contributed by atoms with Crippen LogP contribution in [0, 0.1) is 5.92 Å². The Morgan fingerprint density at radius 3 is 2.37 bits per heavy atom. The molecule has 1 rings (SSSR count). The minimum Gasteiger partial charge on any atom is -0.497 e. The van der Waals surface area contributed by atoms with Gasteiger partial charge in [-0.2, -0.15) is 0 Å². The molecule has 0 aliphatic rings. The summed E-state index contributed by atoms with van der Waals surface area (Å²) in [5.74, 6) is 1.33. The number of carbonyl (C=O) groups excluding carboxylic acids is 1. The molecule has 0 bridgehead atoms. The molecule has 1 amide bonds. The van der Waals surface area contributed by atoms with Gasteiger partial charge >= 0.3 is 0 Å². The third-order valence-electron chi connectivity index (χ3n) is 3.22. The second-order valence-corrected chi connectivity index (χ2v) is 5.17. The topological polar surface area (TPSA) is 38.3 Å². The zero-order chi connectivity index (χ0) is 14.3. The first-order valence-electron chi connectivity index (χ1n) is 7.01. The van der Waals surface area contributed by atoms with Crippen molar-refractivity contribution in [2.75, 3.05) is 7.11 Å². The first-order valence-corrected chi connectivity index (χ1v) is 7.01. The van der Waals surface area contributed by atoms with Crippen molar-refractivity contribution in [2.45, 2.75) is 46.1 Å². The van der Waals surface area contributed by atoms with Gasteiger partial charge < -0.3 is 10.1 Å². The molecule has 106 valence electrons. The van der Waals surface area contributed by atoms with Crippen molar-refractivity contribution >= 4 is 5.91 Å². The summed E-state index contributed by atoms with van der Waals surface area (Å²) in [5, 5.41) is 3.13. The third-order valence-corrected chi connectivity index (χ3v) is 3.22. The van der Waals surface area contributed by atoms with E-state index < -0.39 is 0 Å². The molecule has 0 saturated carbocycles. The van der Waals surface area contributed by atoms with Crippen molar-refractivity contribution in [3.63, 3.8) is 0 Å². The third kappa shape index (κ3) is 4.93. The number of benzene rings is 1. The molecule has 3 heteroatoms. The van der Waals surface area contributed by atoms with Gasteiger partial charge in [-0.25, -0.2) is 0 Å². The molecule has 1 aromatic rings. The Labute approximate surface area is 116 Å². The summed E-state index contributed by atoms with van der Waals surface area (Å²) in [5.41, 5.74) is 1.13. The molecule has 1 N–H and O–H groups in total. The fourth-order valence-corrected chi connectivity index (χ4v) is 2.03. The Balaban J connectivity index is 2.73. The highest BCUT2D eigenvalue weighted by atomic mass is 16.5. The van der Waals surface area contributed by atoms with Gasteiger partial charge in [0.2, 0.25) is 5.91 Å². The number of hydrogen-bond donors (Lipinski definition) is 1. The quantitative estimate of drug-likeness (QED) is 0.814. The van der Waals surface area contributed by atoms with Gasteiger partial charge in [0.15, 0.2) is 0 Å². The number of nitrogens with one attached hydrogen (secondary N) is 1. The molecule has 0 aromatic heterocycles. The lowest BCUT2D eigenvalue weighted by molar-refractivity contribution is -0.122. The van der Waals surface area contributed by atoms with Crippen LogP contribution in [0.2, 0.25) is 0 Å². The van der Waals surface area contributed by atoms with Crippen LogP contribution in [-0.4, -0.2) is 13.0 Å². The van der Waals surface area contributed by atoms with Crippen LogP contribution in [0.25, 0.3) is 0 Å². The summed E-state index contributed by atoms with van der Waals surface area (Å²) in [6.45, 7) is 6.33. The van der Waals surface area contributed by atoms with Gasteiger partial charge in [0.1, 0.15) is 5.75 Å². The summed E-state index contributed by atoms with van der Waals surface area (Å²) < 4.78 is 5.16. The SMILES string of the molecule is CCCCC(=O)NC(c1ccc(OC)cc1)C(C)C. The zero-order valence-corrected chi connectivity index (χ0v) is 12.4. The van der Waals surface area contributed by atoms with Gasteiger partial charge in [0.25, 0.3) is 0 Å². The number of unbranched alkanes of at least 4 members (excludes halogenated alkanes) is 1. The van der Waals surface area contributed by atoms with Crippen LogP contribution in [0.1, 0.15) is 51.6 Å². The number of carbonyl (C=O) groups is 1. The summed E-state index contributed by atoms with van der Waals surface area (Å²) in [6.07, 6.45) is 2.59. The molecule has 0 saturated heterocycles. The molecule has 0 heterocycles. The molecular weight excluding hydrogens is 238 g/mol. The van der Waals surface area contributed by atoms with E-state index in [2.05, 4.69) is 26.1 Å². The van der Waals surface area contributed by atoms with E-state index in [1.165, 1.54) is 0 Å². The monoisotopic (exact) mass is 263 g/mol. The average Bonchev–Trinajstić information content (AvgIpc) is 2.42. The largest absolute Gasteiger partial charge is 0.497 e. The molecule has 0 fully saturated rings. The predicted molar refractivity (Wildman–Crippen MR) is 78.2 cm³/mol. The van der Waals surface area contributed by atoms with E-state index in [1.807, 2.05) is 24.3 Å². The Kier molecular flexibility index (Phi) is 6.40. The fraction of sp³-hybridized carbons (Fsp3) is 0.562. The van der Waals surface area contributed by atoms with Crippen molar-refractivity contribution in [2.24, 2.45) is 5.92 Å². The maximum absolute atomic E-state index is 11.9. The van der Waals surface area contributed by atoms with Crippen molar-refractivity contribution in [3.8, 4) is 5.75 Å². The minimum absolute atomic E-state index is 0.0651. The van der Waals surface area contributed by atoms with Crippen LogP contribution in [-0.2, 0) is 4.79 Å². The lowest BCUT2D eigenvalue weighted by Crippen LogP contribution is -2.31. The average molecular weight is 263 g/mol. The maximum atomic E-state index is 11.9. The molecule has 0 aliphatic carbocycles. The maximum Gasteiger partial charge on any atom is 0.220 e. The lowest BCUT2D eigenvalue weighted by atomic mass is 9.95. The highest BCUT2D eigenvalue weighted by Gasteiger charge is 2.17. The van der Waals surface area contributed by atoms with E-state index in [0.29, 0.717) is 12.3 Å². The summed E-state index contributed by atoms with van der Waals surface area (Å²) >= 11 is 0. The van der Waals surface area contributed by atoms with Crippen molar-refractivity contribution in [1.29, 1.82) is 0 Å². The van der Waals surface area contributed by atoms with Gasteiger partial charge in [-0.15, -0.1) is 0 Å². The van der Waals surface area contributed by atoms with Crippen molar-refractivity contribution in [3.05, 3.63) is 29.8 Å². The van der Waals surface area contributed by atoms with Crippen molar-refractivity contribution in [1.82, 2.24) is 5.32 Å². The van der Waals surface area contributed by atoms with Crippen LogP contribution >= 0.6 is 0 Å². The normalized spacial score (nSPS) is 12.3. The number of rotatable bonds is 7. The Bertz CT molecular complexity index is 384. The van der Waals surface area contributed by atoms with Gasteiger partial charge in [-0.05, 0) is 30.0 Å². The molecule has 0 aliphatic heterocycles. The Morgan fingerprint density at radius 1 is 1.26 bits per heavy atom. The second-order valence-electron chi connectivity index (χ2n) is 5.17. The van der Waals surface area contributed by atoms with Crippen LogP contribution in [0.4, 0.5) is 0 Å². The smallest absolute Gasteiger partial charge is 0.220 e. The first-order chi connectivity index (χ1) is 9.08. The van der Waals surface area contributed by atoms with E-state index in [-0.39, 0.29) is 11.9 Å². The number of methoxy groups -OCH3 is 1. The summed E-state index contributed by atoms with van der Waals surface area (Å²) in [6, 6.07) is 7.97. The predicted octanol–water partition coefficient (Wildman–Crippen LogP) is 3.70. The molecule has 1 atom stereocenters. The van der Waals surface area contributed by atoms with Crippen LogP contribution in [0.15, 0.2) is 24.3 Å². The van der Waals surface area contributed by atoms with E-state index in [0.717, 1.165) is 24.2 Å². The van der Waals surface area contributed by atoms with E-state index in [1.54, 1.807) is 7.11 Å². The number of hydrogen-bond acceptors (Lipinski definition) is 2. The van der Waals surface area contributed by atoms with Crippen LogP contribution in [0.3, 0.4) is 0 Å². The molecule has 1 unspecified atom stereocenters. The molecular formula is C16H25NO2. The van der Waals surface area contributed by atoms with Crippen LogP contribution < -0.4 is 10.1 Å². The van der Waals surface area contributed by atoms with E-state index in [9.17, 15) is 4.79 Å². The van der Waals surface area contributed by atoms with Gasteiger partial charge in [-0.3, -0.25) is 4.79 Å². The zero-order valence-electron chi connectivity index (χ0n) is 12.4. The molecule has 1 aromatic carbocycles. The Hall–Kier alpha value is -1.51. The standard InChI is InChI=1S/C16H25NO2/c1-5-6-7-15(18)17-16(12(2)3)13-8-10-14(19-4)11-9-13/h8-12,16H,5-7H2,1-4H3,(H,17,18). The molecule has 3 nitrogen and oxygen atoms in total. The molecule has 0 spiro atoms. The fourth-order valence-electron chi connectivity index (χ4n) is 2.03. The lowest BCUT2D eigenvalue weighted by Gasteiger charge is -2.23. The first kappa shape index (κ1) is 15.5. The highest BCUT2D eigenvalue weighted by molar-refractivity contribution is 5.76. The van der Waals surface area contributed by atoms with Gasteiger partial charge in [0.05, 0.1) is 13.2 Å². The highest BCUT2D eigenvalue weighted by Crippen LogP contribution is 2.24. The molecule has 0 radical (unpaired) electrons. The van der Waals surface area contributed by atoms with E-state index in [4.69, 9.17) is 4.74 Å². The van der Waals surface area contributed by atoms with Crippen LogP contribution in [0.5, 0.6) is 5.75 Å². The minimum atomic E-state index is 0.0651. The number of amides is 1. The van der Waals surface area contributed by atoms with Crippen molar-refractivity contribution < 1.29 is 9.53 Å².